The van der Waals surface area contributed by atoms with Gasteiger partial charge in [-0.05, 0) is 19.3 Å². The maximum atomic E-state index is 5.45. The lowest BCUT2D eigenvalue weighted by Gasteiger charge is -2.47. The van der Waals surface area contributed by atoms with Gasteiger partial charge in [0.2, 0.25) is 0 Å². The first kappa shape index (κ1) is 11.2. The largest absolute Gasteiger partial charge is 0.379 e. The highest BCUT2D eigenvalue weighted by molar-refractivity contribution is 4.98. The van der Waals surface area contributed by atoms with Gasteiger partial charge in [-0.25, -0.2) is 0 Å². The number of nitrogens with zero attached hydrogens (tertiary/aromatic N) is 1. The van der Waals surface area contributed by atoms with Gasteiger partial charge in [-0.3, -0.25) is 4.90 Å². The molecular formula is C13H23NO. The molecule has 0 atom stereocenters. The van der Waals surface area contributed by atoms with Crippen LogP contribution in [0.15, 0.2) is 12.7 Å². The molecule has 2 rings (SSSR count). The van der Waals surface area contributed by atoms with Crippen LogP contribution in [-0.4, -0.2) is 36.7 Å². The van der Waals surface area contributed by atoms with Crippen molar-refractivity contribution in [2.24, 2.45) is 0 Å². The molecule has 1 aliphatic carbocycles. The van der Waals surface area contributed by atoms with Crippen LogP contribution < -0.4 is 0 Å². The fourth-order valence-electron chi connectivity index (χ4n) is 3.17. The molecule has 0 amide bonds. The number of hydrogen-bond acceptors (Lipinski definition) is 2. The Morgan fingerprint density at radius 2 is 1.80 bits per heavy atom. The normalized spacial score (nSPS) is 27.5. The second kappa shape index (κ2) is 5.13. The fourth-order valence-corrected chi connectivity index (χ4v) is 3.17. The molecule has 2 aliphatic rings. The van der Waals surface area contributed by atoms with E-state index in [0.717, 1.165) is 32.7 Å². The molecule has 2 heteroatoms. The molecule has 2 fully saturated rings. The molecule has 0 N–H and O–H groups in total. The van der Waals surface area contributed by atoms with Gasteiger partial charge in [-0.15, -0.1) is 6.58 Å². The predicted octanol–water partition coefficient (Wildman–Crippen LogP) is 2.60. The fraction of sp³-hybridized carbons (Fsp3) is 0.846. The van der Waals surface area contributed by atoms with Crippen LogP contribution in [0.5, 0.6) is 0 Å². The van der Waals surface area contributed by atoms with E-state index in [1.54, 1.807) is 0 Å². The molecule has 1 aliphatic heterocycles. The molecule has 0 radical (unpaired) electrons. The molecule has 0 aromatic rings. The molecule has 15 heavy (non-hydrogen) atoms. The molecule has 1 saturated carbocycles. The number of rotatable bonds is 3. The Balaban J connectivity index is 2.04. The Morgan fingerprint density at radius 3 is 2.40 bits per heavy atom. The third kappa shape index (κ3) is 2.43. The molecule has 2 nitrogen and oxygen atoms in total. The Hall–Kier alpha value is -0.340. The van der Waals surface area contributed by atoms with Gasteiger partial charge in [0.1, 0.15) is 0 Å². The first-order chi connectivity index (χ1) is 7.37. The minimum Gasteiger partial charge on any atom is -0.379 e. The van der Waals surface area contributed by atoms with E-state index in [2.05, 4.69) is 17.6 Å². The summed E-state index contributed by atoms with van der Waals surface area (Å²) in [5, 5.41) is 0. The Morgan fingerprint density at radius 1 is 1.13 bits per heavy atom. The zero-order valence-corrected chi connectivity index (χ0v) is 9.71. The van der Waals surface area contributed by atoms with Gasteiger partial charge in [0.05, 0.1) is 13.2 Å². The van der Waals surface area contributed by atoms with Crippen molar-refractivity contribution in [2.45, 2.75) is 44.1 Å². The van der Waals surface area contributed by atoms with Crippen LogP contribution in [0.1, 0.15) is 38.5 Å². The van der Waals surface area contributed by atoms with Crippen molar-refractivity contribution in [3.63, 3.8) is 0 Å². The monoisotopic (exact) mass is 209 g/mol. The Labute approximate surface area is 93.3 Å². The van der Waals surface area contributed by atoms with E-state index in [-0.39, 0.29) is 0 Å². The number of morpholine rings is 1. The summed E-state index contributed by atoms with van der Waals surface area (Å²) in [4.78, 5) is 2.66. The van der Waals surface area contributed by atoms with E-state index in [0.29, 0.717) is 5.54 Å². The average molecular weight is 209 g/mol. The van der Waals surface area contributed by atoms with Crippen molar-refractivity contribution in [3.8, 4) is 0 Å². The molecule has 86 valence electrons. The van der Waals surface area contributed by atoms with Crippen molar-refractivity contribution in [3.05, 3.63) is 12.7 Å². The van der Waals surface area contributed by atoms with Gasteiger partial charge >= 0.3 is 0 Å². The highest BCUT2D eigenvalue weighted by Crippen LogP contribution is 2.37. The highest BCUT2D eigenvalue weighted by atomic mass is 16.5. The standard InChI is InChI=1S/C13H23NO/c1-2-6-13(7-4-3-5-8-13)14-9-11-15-12-10-14/h2H,1,3-12H2. The zero-order valence-electron chi connectivity index (χ0n) is 9.71. The zero-order chi connectivity index (χ0) is 10.6. The van der Waals surface area contributed by atoms with Crippen molar-refractivity contribution in [1.29, 1.82) is 0 Å². The first-order valence-corrected chi connectivity index (χ1v) is 6.31. The lowest BCUT2D eigenvalue weighted by Crippen LogP contribution is -2.54. The van der Waals surface area contributed by atoms with Gasteiger partial charge in [0.25, 0.3) is 0 Å². The topological polar surface area (TPSA) is 12.5 Å². The highest BCUT2D eigenvalue weighted by Gasteiger charge is 2.37. The maximum Gasteiger partial charge on any atom is 0.0594 e. The van der Waals surface area contributed by atoms with Gasteiger partial charge in [-0.1, -0.05) is 25.3 Å². The summed E-state index contributed by atoms with van der Waals surface area (Å²) < 4.78 is 5.45. The van der Waals surface area contributed by atoms with Crippen LogP contribution in [0.4, 0.5) is 0 Å². The van der Waals surface area contributed by atoms with E-state index in [9.17, 15) is 0 Å². The minimum atomic E-state index is 0.434. The van der Waals surface area contributed by atoms with Crippen LogP contribution in [-0.2, 0) is 4.74 Å². The van der Waals surface area contributed by atoms with Crippen molar-refractivity contribution in [1.82, 2.24) is 4.90 Å². The van der Waals surface area contributed by atoms with Gasteiger partial charge < -0.3 is 4.74 Å². The summed E-state index contributed by atoms with van der Waals surface area (Å²) in [6.45, 7) is 8.01. The predicted molar refractivity (Wildman–Crippen MR) is 63.0 cm³/mol. The van der Waals surface area contributed by atoms with Crippen LogP contribution in [0, 0.1) is 0 Å². The third-order valence-electron chi connectivity index (χ3n) is 3.99. The molecule has 1 heterocycles. The molecule has 0 aromatic carbocycles. The second-order valence-electron chi connectivity index (χ2n) is 4.88. The molecule has 0 aromatic heterocycles. The van der Waals surface area contributed by atoms with Gasteiger partial charge in [0, 0.05) is 18.6 Å². The van der Waals surface area contributed by atoms with E-state index in [1.165, 1.54) is 32.1 Å². The number of ether oxygens (including phenoxy) is 1. The molecular weight excluding hydrogens is 186 g/mol. The molecule has 0 spiro atoms. The van der Waals surface area contributed by atoms with Crippen LogP contribution in [0.3, 0.4) is 0 Å². The van der Waals surface area contributed by atoms with E-state index in [1.807, 2.05) is 0 Å². The average Bonchev–Trinajstić information content (AvgIpc) is 2.32. The van der Waals surface area contributed by atoms with E-state index in [4.69, 9.17) is 4.74 Å². The first-order valence-electron chi connectivity index (χ1n) is 6.31. The lowest BCUT2D eigenvalue weighted by molar-refractivity contribution is -0.0362. The maximum absolute atomic E-state index is 5.45. The second-order valence-corrected chi connectivity index (χ2v) is 4.88. The summed E-state index contributed by atoms with van der Waals surface area (Å²) in [7, 11) is 0. The quantitative estimate of drug-likeness (QED) is 0.662. The Bertz CT molecular complexity index is 203. The van der Waals surface area contributed by atoms with Crippen molar-refractivity contribution in [2.75, 3.05) is 26.3 Å². The SMILES string of the molecule is C=CCC1(N2CCOCC2)CCCCC1. The van der Waals surface area contributed by atoms with Crippen molar-refractivity contribution >= 4 is 0 Å². The van der Waals surface area contributed by atoms with Gasteiger partial charge in [-0.2, -0.15) is 0 Å². The van der Waals surface area contributed by atoms with E-state index >= 15 is 0 Å². The van der Waals surface area contributed by atoms with Gasteiger partial charge in [0.15, 0.2) is 0 Å². The van der Waals surface area contributed by atoms with Crippen LogP contribution >= 0.6 is 0 Å². The molecule has 0 bridgehead atoms. The summed E-state index contributed by atoms with van der Waals surface area (Å²) >= 11 is 0. The minimum absolute atomic E-state index is 0.434. The summed E-state index contributed by atoms with van der Waals surface area (Å²) in [5.41, 5.74) is 0.434. The summed E-state index contributed by atoms with van der Waals surface area (Å²) in [6.07, 6.45) is 10.2. The third-order valence-corrected chi connectivity index (χ3v) is 3.99. The van der Waals surface area contributed by atoms with Crippen LogP contribution in [0.25, 0.3) is 0 Å². The molecule has 1 saturated heterocycles. The van der Waals surface area contributed by atoms with Crippen LogP contribution in [0.2, 0.25) is 0 Å². The molecule has 0 unspecified atom stereocenters. The smallest absolute Gasteiger partial charge is 0.0594 e. The Kier molecular flexibility index (Phi) is 3.81. The lowest BCUT2D eigenvalue weighted by atomic mass is 9.77. The summed E-state index contributed by atoms with van der Waals surface area (Å²) in [6, 6.07) is 0. The van der Waals surface area contributed by atoms with Crippen molar-refractivity contribution < 1.29 is 4.74 Å². The van der Waals surface area contributed by atoms with E-state index < -0.39 is 0 Å². The number of hydrogen-bond donors (Lipinski definition) is 0. The summed E-state index contributed by atoms with van der Waals surface area (Å²) in [5.74, 6) is 0.